The van der Waals surface area contributed by atoms with E-state index in [-0.39, 0.29) is 31.5 Å². The normalized spacial score (nSPS) is 11.7. The van der Waals surface area contributed by atoms with Gasteiger partial charge >= 0.3 is 5.97 Å². The first kappa shape index (κ1) is 19.6. The molecule has 0 saturated carbocycles. The van der Waals surface area contributed by atoms with Crippen LogP contribution in [0.3, 0.4) is 0 Å². The topological polar surface area (TPSA) is 92.3 Å². The van der Waals surface area contributed by atoms with Crippen molar-refractivity contribution in [3.05, 3.63) is 46.5 Å². The van der Waals surface area contributed by atoms with Crippen LogP contribution in [-0.4, -0.2) is 39.4 Å². The number of fused-ring (bicyclic) bond motifs is 1. The number of hydrogen-bond donors (Lipinski definition) is 1. The number of carbonyl (C=O) groups excluding carboxylic acids is 2. The molecule has 28 heavy (non-hydrogen) atoms. The van der Waals surface area contributed by atoms with Gasteiger partial charge in [-0.2, -0.15) is 0 Å². The van der Waals surface area contributed by atoms with E-state index in [2.05, 4.69) is 5.32 Å². The van der Waals surface area contributed by atoms with Crippen molar-refractivity contribution in [3.8, 4) is 23.0 Å². The van der Waals surface area contributed by atoms with Gasteiger partial charge in [0.05, 0.1) is 17.7 Å². The minimum Gasteiger partial charge on any atom is -0.493 e. The summed E-state index contributed by atoms with van der Waals surface area (Å²) >= 11 is 6.12. The number of hydrogen-bond acceptors (Lipinski definition) is 7. The fourth-order valence-corrected chi connectivity index (χ4v) is 2.75. The maximum absolute atomic E-state index is 12.4. The first-order valence-electron chi connectivity index (χ1n) is 8.28. The van der Waals surface area contributed by atoms with Crippen LogP contribution in [0.1, 0.15) is 15.9 Å². The molecular formula is C19H18ClNO7. The van der Waals surface area contributed by atoms with Gasteiger partial charge < -0.3 is 29.0 Å². The van der Waals surface area contributed by atoms with Crippen molar-refractivity contribution in [2.45, 2.75) is 6.61 Å². The molecular weight excluding hydrogens is 390 g/mol. The van der Waals surface area contributed by atoms with E-state index in [0.717, 1.165) is 0 Å². The van der Waals surface area contributed by atoms with Gasteiger partial charge in [0.25, 0.3) is 5.91 Å². The second kappa shape index (κ2) is 8.71. The lowest BCUT2D eigenvalue weighted by Gasteiger charge is -2.12. The summed E-state index contributed by atoms with van der Waals surface area (Å²) in [5, 5.41) is 2.84. The summed E-state index contributed by atoms with van der Waals surface area (Å²) in [6, 6.07) is 7.90. The molecule has 1 amide bonds. The number of likely N-dealkylation sites (N-methyl/N-ethyl adjacent to an activating group) is 1. The van der Waals surface area contributed by atoms with Crippen molar-refractivity contribution >= 4 is 23.5 Å². The maximum Gasteiger partial charge on any atom is 0.338 e. The fourth-order valence-electron chi connectivity index (χ4n) is 2.47. The van der Waals surface area contributed by atoms with Gasteiger partial charge in [-0.25, -0.2) is 4.79 Å². The molecule has 1 heterocycles. The minimum absolute atomic E-state index is 0.00638. The molecule has 0 unspecified atom stereocenters. The van der Waals surface area contributed by atoms with E-state index in [0.29, 0.717) is 33.6 Å². The largest absolute Gasteiger partial charge is 0.493 e. The standard InChI is InChI=1S/C19H18ClNO7/c1-21-17(22)9-25-14-4-3-12(7-15(14)24-2)19(23)26-8-11-5-13(20)18-16(6-11)27-10-28-18/h3-7H,8-10H2,1-2H3,(H,21,22). The van der Waals surface area contributed by atoms with E-state index >= 15 is 0 Å². The van der Waals surface area contributed by atoms with Gasteiger partial charge in [-0.1, -0.05) is 11.6 Å². The van der Waals surface area contributed by atoms with Gasteiger partial charge in [-0.05, 0) is 35.9 Å². The average Bonchev–Trinajstić information content (AvgIpc) is 3.19. The lowest BCUT2D eigenvalue weighted by Crippen LogP contribution is -2.24. The summed E-state index contributed by atoms with van der Waals surface area (Å²) in [7, 11) is 2.95. The molecule has 1 N–H and O–H groups in total. The van der Waals surface area contributed by atoms with Crippen LogP contribution in [0.15, 0.2) is 30.3 Å². The smallest absolute Gasteiger partial charge is 0.338 e. The molecule has 1 aliphatic rings. The molecule has 0 fully saturated rings. The van der Waals surface area contributed by atoms with E-state index in [1.807, 2.05) is 0 Å². The Morgan fingerprint density at radius 3 is 2.75 bits per heavy atom. The molecule has 0 spiro atoms. The highest BCUT2D eigenvalue weighted by molar-refractivity contribution is 6.32. The number of amides is 1. The van der Waals surface area contributed by atoms with Crippen molar-refractivity contribution in [1.82, 2.24) is 5.32 Å². The third kappa shape index (κ3) is 4.40. The summed E-state index contributed by atoms with van der Waals surface area (Å²) in [4.78, 5) is 23.7. The van der Waals surface area contributed by atoms with Crippen LogP contribution in [0, 0.1) is 0 Å². The highest BCUT2D eigenvalue weighted by Gasteiger charge is 2.19. The van der Waals surface area contributed by atoms with Crippen LogP contribution in [-0.2, 0) is 16.1 Å². The van der Waals surface area contributed by atoms with E-state index in [1.165, 1.54) is 32.4 Å². The quantitative estimate of drug-likeness (QED) is 0.705. The van der Waals surface area contributed by atoms with E-state index in [9.17, 15) is 9.59 Å². The van der Waals surface area contributed by atoms with Crippen LogP contribution < -0.4 is 24.3 Å². The predicted octanol–water partition coefficient (Wildman–Crippen LogP) is 2.56. The van der Waals surface area contributed by atoms with Gasteiger partial charge in [0.1, 0.15) is 6.61 Å². The van der Waals surface area contributed by atoms with E-state index in [1.54, 1.807) is 12.1 Å². The summed E-state index contributed by atoms with van der Waals surface area (Å²) in [6.45, 7) is -0.0552. The lowest BCUT2D eigenvalue weighted by atomic mass is 10.2. The number of esters is 1. The number of methoxy groups -OCH3 is 1. The summed E-state index contributed by atoms with van der Waals surface area (Å²) in [6.07, 6.45) is 0. The molecule has 0 saturated heterocycles. The molecule has 0 aliphatic carbocycles. The molecule has 0 bridgehead atoms. The number of rotatable bonds is 7. The summed E-state index contributed by atoms with van der Waals surface area (Å²) < 4.78 is 26.5. The van der Waals surface area contributed by atoms with Gasteiger partial charge in [0.2, 0.25) is 6.79 Å². The zero-order chi connectivity index (χ0) is 20.1. The first-order valence-corrected chi connectivity index (χ1v) is 8.66. The molecule has 8 nitrogen and oxygen atoms in total. The van der Waals surface area contributed by atoms with Crippen molar-refractivity contribution in [1.29, 1.82) is 0 Å². The third-order valence-corrected chi connectivity index (χ3v) is 4.17. The number of ether oxygens (including phenoxy) is 5. The molecule has 0 atom stereocenters. The van der Waals surface area contributed by atoms with Gasteiger partial charge in [-0.3, -0.25) is 4.79 Å². The Kier molecular flexibility index (Phi) is 6.10. The molecule has 3 rings (SSSR count). The molecule has 148 valence electrons. The number of carbonyl (C=O) groups is 2. The Bertz CT molecular complexity index is 900. The molecule has 2 aromatic rings. The number of benzene rings is 2. The van der Waals surface area contributed by atoms with Gasteiger partial charge in [0, 0.05) is 7.05 Å². The number of halogens is 1. The lowest BCUT2D eigenvalue weighted by molar-refractivity contribution is -0.122. The third-order valence-electron chi connectivity index (χ3n) is 3.89. The van der Waals surface area contributed by atoms with Crippen LogP contribution >= 0.6 is 11.6 Å². The van der Waals surface area contributed by atoms with Crippen LogP contribution in [0.2, 0.25) is 5.02 Å². The number of nitrogens with one attached hydrogen (secondary N) is 1. The molecule has 2 aromatic carbocycles. The zero-order valence-electron chi connectivity index (χ0n) is 15.2. The maximum atomic E-state index is 12.4. The van der Waals surface area contributed by atoms with Crippen molar-refractivity contribution in [2.75, 3.05) is 27.6 Å². The summed E-state index contributed by atoms with van der Waals surface area (Å²) in [5.74, 6) is 0.805. The molecule has 1 aliphatic heterocycles. The molecule has 0 aromatic heterocycles. The molecule has 0 radical (unpaired) electrons. The Balaban J connectivity index is 1.66. The first-order chi connectivity index (χ1) is 13.5. The average molecular weight is 408 g/mol. The minimum atomic E-state index is -0.551. The Labute approximate surface area is 166 Å². The Morgan fingerprint density at radius 2 is 2.00 bits per heavy atom. The highest BCUT2D eigenvalue weighted by atomic mass is 35.5. The second-order valence-corrected chi connectivity index (χ2v) is 6.12. The Morgan fingerprint density at radius 1 is 1.18 bits per heavy atom. The van der Waals surface area contributed by atoms with Gasteiger partial charge in [-0.15, -0.1) is 0 Å². The monoisotopic (exact) mass is 407 g/mol. The van der Waals surface area contributed by atoms with E-state index < -0.39 is 5.97 Å². The van der Waals surface area contributed by atoms with Crippen LogP contribution in [0.25, 0.3) is 0 Å². The Hall–Kier alpha value is -3.13. The predicted molar refractivity (Wildman–Crippen MR) is 99.3 cm³/mol. The van der Waals surface area contributed by atoms with E-state index in [4.69, 9.17) is 35.3 Å². The van der Waals surface area contributed by atoms with Crippen LogP contribution in [0.5, 0.6) is 23.0 Å². The van der Waals surface area contributed by atoms with Crippen molar-refractivity contribution in [2.24, 2.45) is 0 Å². The fraction of sp³-hybridized carbons (Fsp3) is 0.263. The van der Waals surface area contributed by atoms with Crippen LogP contribution in [0.4, 0.5) is 0 Å². The highest BCUT2D eigenvalue weighted by Crippen LogP contribution is 2.40. The van der Waals surface area contributed by atoms with Crippen molar-refractivity contribution in [3.63, 3.8) is 0 Å². The second-order valence-electron chi connectivity index (χ2n) is 5.72. The SMILES string of the molecule is CNC(=O)COc1ccc(C(=O)OCc2cc(Cl)c3c(c2)OCO3)cc1OC. The van der Waals surface area contributed by atoms with Gasteiger partial charge in [0.15, 0.2) is 29.6 Å². The molecule has 9 heteroatoms. The summed E-state index contributed by atoms with van der Waals surface area (Å²) in [5.41, 5.74) is 0.941. The zero-order valence-corrected chi connectivity index (χ0v) is 16.0. The van der Waals surface area contributed by atoms with Crippen molar-refractivity contribution < 1.29 is 33.3 Å².